The van der Waals surface area contributed by atoms with E-state index in [4.69, 9.17) is 5.73 Å². The topological polar surface area (TPSA) is 84.2 Å². The largest absolute Gasteiger partial charge is 0.399 e. The van der Waals surface area contributed by atoms with Crippen molar-refractivity contribution in [1.29, 1.82) is 0 Å². The zero-order valence-corrected chi connectivity index (χ0v) is 15.5. The maximum absolute atomic E-state index is 12.2. The number of nitrogen functional groups attached to an aromatic ring is 1. The first-order valence-corrected chi connectivity index (χ1v) is 8.56. The second-order valence-electron chi connectivity index (χ2n) is 6.63. The quantitative estimate of drug-likeness (QED) is 0.679. The van der Waals surface area contributed by atoms with Gasteiger partial charge in [-0.2, -0.15) is 0 Å². The van der Waals surface area contributed by atoms with Crippen LogP contribution in [0.3, 0.4) is 0 Å². The highest BCUT2D eigenvalue weighted by Crippen LogP contribution is 2.38. The average molecular weight is 374 g/mol. The molecule has 0 heterocycles. The molecule has 4 N–H and O–H groups in total. The molecule has 0 spiro atoms. The molecule has 1 aliphatic carbocycles. The first-order chi connectivity index (χ1) is 12.0. The monoisotopic (exact) mass is 373 g/mol. The van der Waals surface area contributed by atoms with E-state index in [1.807, 2.05) is 24.3 Å². The molecule has 0 bridgehead atoms. The summed E-state index contributed by atoms with van der Waals surface area (Å²) in [6, 6.07) is 14.6. The third-order valence-corrected chi connectivity index (χ3v) is 4.54. The molecule has 26 heavy (non-hydrogen) atoms. The summed E-state index contributed by atoms with van der Waals surface area (Å²) in [7, 11) is 0. The van der Waals surface area contributed by atoms with Crippen molar-refractivity contribution < 1.29 is 9.59 Å². The number of hydrogen-bond donors (Lipinski definition) is 3. The van der Waals surface area contributed by atoms with Crippen molar-refractivity contribution in [2.75, 3.05) is 17.6 Å². The van der Waals surface area contributed by atoms with Crippen LogP contribution in [0, 0.1) is 11.8 Å². The molecule has 0 radical (unpaired) electrons. The summed E-state index contributed by atoms with van der Waals surface area (Å²) in [6.45, 7) is 2.63. The van der Waals surface area contributed by atoms with Crippen LogP contribution in [-0.4, -0.2) is 18.4 Å². The van der Waals surface area contributed by atoms with E-state index in [-0.39, 0.29) is 30.1 Å². The molecular formula is C20H24ClN3O2. The fourth-order valence-corrected chi connectivity index (χ4v) is 2.73. The van der Waals surface area contributed by atoms with Gasteiger partial charge in [-0.1, -0.05) is 19.1 Å². The molecule has 5 nitrogen and oxygen atoms in total. The molecule has 2 aromatic carbocycles. The van der Waals surface area contributed by atoms with Crippen molar-refractivity contribution in [2.45, 2.75) is 19.8 Å². The zero-order valence-electron chi connectivity index (χ0n) is 14.7. The van der Waals surface area contributed by atoms with Crippen LogP contribution in [0.1, 0.15) is 29.3 Å². The minimum atomic E-state index is -0.121. The van der Waals surface area contributed by atoms with E-state index in [9.17, 15) is 9.59 Å². The maximum Gasteiger partial charge on any atom is 0.251 e. The lowest BCUT2D eigenvalue weighted by Crippen LogP contribution is -2.25. The zero-order chi connectivity index (χ0) is 17.8. The van der Waals surface area contributed by atoms with E-state index in [0.717, 1.165) is 29.8 Å². The fourth-order valence-electron chi connectivity index (χ4n) is 2.73. The van der Waals surface area contributed by atoms with Gasteiger partial charge >= 0.3 is 0 Å². The van der Waals surface area contributed by atoms with Crippen LogP contribution in [0.4, 0.5) is 11.4 Å². The average Bonchev–Trinajstić information content (AvgIpc) is 3.34. The van der Waals surface area contributed by atoms with E-state index in [1.54, 1.807) is 24.3 Å². The van der Waals surface area contributed by atoms with Crippen LogP contribution in [0.25, 0.3) is 0 Å². The summed E-state index contributed by atoms with van der Waals surface area (Å²) >= 11 is 0. The summed E-state index contributed by atoms with van der Waals surface area (Å²) in [5.41, 5.74) is 8.82. The van der Waals surface area contributed by atoms with Gasteiger partial charge in [-0.05, 0) is 60.7 Å². The van der Waals surface area contributed by atoms with Crippen LogP contribution in [0.5, 0.6) is 0 Å². The number of nitrogens with two attached hydrogens (primary N) is 1. The summed E-state index contributed by atoms with van der Waals surface area (Å²) < 4.78 is 0. The van der Waals surface area contributed by atoms with Gasteiger partial charge in [0, 0.05) is 29.4 Å². The van der Waals surface area contributed by atoms with Gasteiger partial charge in [0.15, 0.2) is 0 Å². The van der Waals surface area contributed by atoms with E-state index in [2.05, 4.69) is 17.6 Å². The Morgan fingerprint density at radius 2 is 1.69 bits per heavy atom. The number of nitrogens with one attached hydrogen (secondary N) is 2. The second kappa shape index (κ2) is 8.72. The van der Waals surface area contributed by atoms with E-state index in [0.29, 0.717) is 18.0 Å². The Morgan fingerprint density at radius 1 is 1.08 bits per heavy atom. The van der Waals surface area contributed by atoms with Crippen molar-refractivity contribution in [2.24, 2.45) is 11.8 Å². The van der Waals surface area contributed by atoms with Crippen LogP contribution >= 0.6 is 12.4 Å². The first kappa shape index (κ1) is 19.8. The maximum atomic E-state index is 12.2. The smallest absolute Gasteiger partial charge is 0.251 e. The molecule has 1 aliphatic rings. The lowest BCUT2D eigenvalue weighted by atomic mass is 10.1. The Labute approximate surface area is 159 Å². The van der Waals surface area contributed by atoms with Gasteiger partial charge in [0.2, 0.25) is 5.91 Å². The molecule has 138 valence electrons. The molecule has 0 saturated heterocycles. The molecule has 6 heteroatoms. The number of hydrogen-bond acceptors (Lipinski definition) is 3. The minimum Gasteiger partial charge on any atom is -0.399 e. The normalized spacial score (nSPS) is 17.7. The van der Waals surface area contributed by atoms with Crippen LogP contribution in [-0.2, 0) is 11.2 Å². The van der Waals surface area contributed by atoms with Crippen LogP contribution in [0.15, 0.2) is 48.5 Å². The predicted molar refractivity (Wildman–Crippen MR) is 106 cm³/mol. The number of carbonyl (C=O) groups excluding carboxylic acids is 2. The van der Waals surface area contributed by atoms with Crippen molar-refractivity contribution >= 4 is 35.6 Å². The Morgan fingerprint density at radius 3 is 2.27 bits per heavy atom. The van der Waals surface area contributed by atoms with Gasteiger partial charge in [0.1, 0.15) is 0 Å². The molecular weight excluding hydrogens is 350 g/mol. The molecule has 2 unspecified atom stereocenters. The summed E-state index contributed by atoms with van der Waals surface area (Å²) in [5.74, 6) is 0.555. The first-order valence-electron chi connectivity index (χ1n) is 8.56. The van der Waals surface area contributed by atoms with Gasteiger partial charge in [0.25, 0.3) is 5.91 Å². The highest BCUT2D eigenvalue weighted by atomic mass is 35.5. The summed E-state index contributed by atoms with van der Waals surface area (Å²) in [5, 5.41) is 5.79. The minimum absolute atomic E-state index is 0. The van der Waals surface area contributed by atoms with Crippen molar-refractivity contribution in [3.63, 3.8) is 0 Å². The molecule has 2 aromatic rings. The number of carbonyl (C=O) groups is 2. The van der Waals surface area contributed by atoms with Gasteiger partial charge in [-0.15, -0.1) is 12.4 Å². The van der Waals surface area contributed by atoms with E-state index in [1.165, 1.54) is 0 Å². The van der Waals surface area contributed by atoms with E-state index >= 15 is 0 Å². The van der Waals surface area contributed by atoms with Gasteiger partial charge in [0.05, 0.1) is 0 Å². The molecule has 2 amide bonds. The van der Waals surface area contributed by atoms with Crippen molar-refractivity contribution in [3.05, 3.63) is 59.7 Å². The second-order valence-corrected chi connectivity index (χ2v) is 6.63. The summed E-state index contributed by atoms with van der Waals surface area (Å²) in [4.78, 5) is 24.1. The Bertz CT molecular complexity index is 760. The number of amides is 2. The third kappa shape index (κ3) is 5.23. The van der Waals surface area contributed by atoms with Crippen LogP contribution in [0.2, 0.25) is 0 Å². The van der Waals surface area contributed by atoms with Gasteiger partial charge < -0.3 is 16.4 Å². The molecule has 1 saturated carbocycles. The van der Waals surface area contributed by atoms with Crippen molar-refractivity contribution in [3.8, 4) is 0 Å². The predicted octanol–water partition coefficient (Wildman–Crippen LogP) is 3.26. The summed E-state index contributed by atoms with van der Waals surface area (Å²) in [6.07, 6.45) is 1.71. The lowest BCUT2D eigenvalue weighted by molar-refractivity contribution is -0.117. The molecule has 0 aromatic heterocycles. The van der Waals surface area contributed by atoms with E-state index < -0.39 is 0 Å². The number of halogens is 1. The Balaban J connectivity index is 0.00000243. The van der Waals surface area contributed by atoms with Crippen molar-refractivity contribution in [1.82, 2.24) is 5.32 Å². The van der Waals surface area contributed by atoms with Gasteiger partial charge in [-0.25, -0.2) is 0 Å². The molecule has 1 fully saturated rings. The van der Waals surface area contributed by atoms with Crippen LogP contribution < -0.4 is 16.4 Å². The number of rotatable bonds is 6. The Kier molecular flexibility index (Phi) is 6.64. The number of benzene rings is 2. The highest BCUT2D eigenvalue weighted by Gasteiger charge is 2.39. The molecule has 0 aliphatic heterocycles. The Hall–Kier alpha value is -2.53. The third-order valence-electron chi connectivity index (χ3n) is 4.54. The fraction of sp³-hybridized carbons (Fsp3) is 0.300. The SMILES string of the molecule is CC1CC1C(=O)Nc1ccc(C(=O)NCCc2ccc(N)cc2)cc1.Cl. The highest BCUT2D eigenvalue weighted by molar-refractivity contribution is 5.97. The lowest BCUT2D eigenvalue weighted by Gasteiger charge is -2.08. The molecule has 3 rings (SSSR count). The standard InChI is InChI=1S/C20H23N3O2.ClH/c1-13-12-18(13)20(25)23-17-8-4-15(5-9-17)19(24)22-11-10-14-2-6-16(21)7-3-14;/h2-9,13,18H,10-12,21H2,1H3,(H,22,24)(H,23,25);1H. The molecule has 2 atom stereocenters. The number of anilines is 2. The van der Waals surface area contributed by atoms with Gasteiger partial charge in [-0.3, -0.25) is 9.59 Å².